The average Bonchev–Trinajstić information content (AvgIpc) is 3.77. The summed E-state index contributed by atoms with van der Waals surface area (Å²) in [6, 6.07) is 8.17. The average molecular weight is 938 g/mol. The van der Waals surface area contributed by atoms with E-state index in [1.54, 1.807) is 14.2 Å². The topological polar surface area (TPSA) is 204 Å². The van der Waals surface area contributed by atoms with Gasteiger partial charge in [0.1, 0.15) is 42.7 Å². The van der Waals surface area contributed by atoms with Gasteiger partial charge in [0.25, 0.3) is 0 Å². The lowest BCUT2D eigenvalue weighted by molar-refractivity contribution is -0.125. The highest BCUT2D eigenvalue weighted by atomic mass is 31.1. The first-order chi connectivity index (χ1) is 31.7. The van der Waals surface area contributed by atoms with Crippen LogP contribution in [0.5, 0.6) is 28.7 Å². The van der Waals surface area contributed by atoms with Crippen molar-refractivity contribution in [3.05, 3.63) is 53.1 Å². The highest BCUT2D eigenvalue weighted by molar-refractivity contribution is 7.38. The van der Waals surface area contributed by atoms with E-state index in [0.717, 1.165) is 74.5 Å². The molecule has 5 rings (SSSR count). The van der Waals surface area contributed by atoms with Crippen LogP contribution in [0.3, 0.4) is 0 Å². The number of carbonyl (C=O) groups is 2. The van der Waals surface area contributed by atoms with Gasteiger partial charge in [-0.3, -0.25) is 15.0 Å². The molecule has 18 nitrogen and oxygen atoms in total. The zero-order valence-electron chi connectivity index (χ0n) is 38.9. The number of hydrogen-bond donors (Lipinski definition) is 3. The zero-order chi connectivity index (χ0) is 46.7. The molecule has 0 saturated heterocycles. The van der Waals surface area contributed by atoms with Crippen LogP contribution in [-0.4, -0.2) is 170 Å². The lowest BCUT2D eigenvalue weighted by Gasteiger charge is -2.42. The van der Waals surface area contributed by atoms with Crippen LogP contribution < -0.4 is 40.3 Å². The number of hydrazine groups is 1. The predicted octanol–water partition coefficient (Wildman–Crippen LogP) is 3.55. The molecule has 0 fully saturated rings. The second-order valence-electron chi connectivity index (χ2n) is 15.3. The van der Waals surface area contributed by atoms with Crippen LogP contribution >= 0.6 is 8.58 Å². The van der Waals surface area contributed by atoms with E-state index in [-0.39, 0.29) is 48.9 Å². The van der Waals surface area contributed by atoms with Gasteiger partial charge in [0.2, 0.25) is 11.8 Å². The molecule has 3 aliphatic rings. The van der Waals surface area contributed by atoms with E-state index >= 15 is 0 Å². The van der Waals surface area contributed by atoms with E-state index in [1.807, 2.05) is 24.5 Å². The van der Waals surface area contributed by atoms with Crippen molar-refractivity contribution in [1.82, 2.24) is 10.7 Å². The van der Waals surface area contributed by atoms with Gasteiger partial charge in [-0.1, -0.05) is 19.6 Å². The highest BCUT2D eigenvalue weighted by Crippen LogP contribution is 2.54. The standard InChI is InChI=1S/C24H26O5.C22H46N3O10P/c1-12(2)18-9-16-17(28-18)7-6-14-13(3)23-15-8-20(25-4)21(26-5)10-19(15)27-11-22(23)29-24(14)16;1-28-20-22(27)24-3-5-30-7-9-32-12-14-34-16-18-36-19-17-35-15-13-33-11-10-31-8-6-29-4-2-21(26)25-23/h6-8,10,13,18,22-23H,1,9,11H2,2-5H3;36H,2-20,23H2,1H3,(H,24,27)(H,25,26). The first-order valence-electron chi connectivity index (χ1n) is 22.2. The van der Waals surface area contributed by atoms with Crippen molar-refractivity contribution in [2.45, 2.75) is 50.7 Å². The monoisotopic (exact) mass is 937 g/mol. The summed E-state index contributed by atoms with van der Waals surface area (Å²) in [5, 5.41) is 2.67. The summed E-state index contributed by atoms with van der Waals surface area (Å²) in [7, 11) is 5.57. The summed E-state index contributed by atoms with van der Waals surface area (Å²) in [5.41, 5.74) is 6.55. The van der Waals surface area contributed by atoms with Gasteiger partial charge in [0.05, 0.1) is 113 Å². The van der Waals surface area contributed by atoms with Crippen molar-refractivity contribution in [3.8, 4) is 28.7 Å². The molecule has 3 heterocycles. The number of amides is 2. The molecule has 5 unspecified atom stereocenters. The summed E-state index contributed by atoms with van der Waals surface area (Å²) in [6.45, 7) is 16.6. The minimum Gasteiger partial charge on any atom is -0.493 e. The molecule has 5 atom stereocenters. The Hall–Kier alpha value is -3.81. The van der Waals surface area contributed by atoms with Crippen LogP contribution in [0.2, 0.25) is 0 Å². The molecule has 0 bridgehead atoms. The Balaban J connectivity index is 0.000000289. The summed E-state index contributed by atoms with van der Waals surface area (Å²) >= 11 is 0. The van der Waals surface area contributed by atoms with E-state index in [4.69, 9.17) is 67.4 Å². The number of hydrogen-bond acceptors (Lipinski definition) is 16. The Morgan fingerprint density at radius 1 is 0.738 bits per heavy atom. The summed E-state index contributed by atoms with van der Waals surface area (Å²) in [6.07, 6.45) is 3.04. The maximum absolute atomic E-state index is 11.1. The van der Waals surface area contributed by atoms with Crippen LogP contribution in [0.25, 0.3) is 0 Å². The van der Waals surface area contributed by atoms with Gasteiger partial charge < -0.3 is 66.9 Å². The molecule has 2 amide bonds. The molecule has 0 saturated carbocycles. The number of ether oxygens (including phenoxy) is 13. The number of carbonyl (C=O) groups excluding carboxylic acids is 2. The van der Waals surface area contributed by atoms with Crippen molar-refractivity contribution >= 4 is 20.4 Å². The van der Waals surface area contributed by atoms with Gasteiger partial charge in [-0.05, 0) is 48.4 Å². The third-order valence-corrected chi connectivity index (χ3v) is 11.7. The second-order valence-corrected chi connectivity index (χ2v) is 16.8. The maximum atomic E-state index is 11.1. The molecule has 0 spiro atoms. The molecule has 0 radical (unpaired) electrons. The molecule has 366 valence electrons. The van der Waals surface area contributed by atoms with Crippen molar-refractivity contribution in [2.24, 2.45) is 5.84 Å². The van der Waals surface area contributed by atoms with Crippen LogP contribution in [0, 0.1) is 0 Å². The summed E-state index contributed by atoms with van der Waals surface area (Å²) in [4.78, 5) is 22.0. The minimum absolute atomic E-state index is 0.0215. The third-order valence-electron chi connectivity index (χ3n) is 10.6. The van der Waals surface area contributed by atoms with Crippen molar-refractivity contribution in [2.75, 3.05) is 146 Å². The van der Waals surface area contributed by atoms with E-state index in [2.05, 4.69) is 31.0 Å². The number of fused-ring (bicyclic) bond motifs is 6. The van der Waals surface area contributed by atoms with Gasteiger partial charge >= 0.3 is 0 Å². The van der Waals surface area contributed by atoms with E-state index < -0.39 is 0 Å². The molecule has 0 aromatic heterocycles. The largest absolute Gasteiger partial charge is 0.493 e. The smallest absolute Gasteiger partial charge is 0.246 e. The molecule has 19 heteroatoms. The van der Waals surface area contributed by atoms with Crippen LogP contribution in [0.15, 0.2) is 36.4 Å². The number of methoxy groups -OCH3 is 3. The van der Waals surface area contributed by atoms with E-state index in [9.17, 15) is 9.59 Å². The van der Waals surface area contributed by atoms with Gasteiger partial charge in [-0.25, -0.2) is 5.84 Å². The maximum Gasteiger partial charge on any atom is 0.246 e. The fourth-order valence-electron chi connectivity index (χ4n) is 7.26. The third kappa shape index (κ3) is 18.4. The number of nitrogens with one attached hydrogen (secondary N) is 2. The highest BCUT2D eigenvalue weighted by Gasteiger charge is 2.44. The van der Waals surface area contributed by atoms with Crippen LogP contribution in [0.1, 0.15) is 48.8 Å². The van der Waals surface area contributed by atoms with E-state index in [1.165, 1.54) is 12.7 Å². The normalized spacial score (nSPS) is 17.9. The molecule has 2 aromatic carbocycles. The van der Waals surface area contributed by atoms with Crippen LogP contribution in [-0.2, 0) is 53.9 Å². The molecule has 2 aromatic rings. The Labute approximate surface area is 385 Å². The lowest BCUT2D eigenvalue weighted by atomic mass is 9.75. The van der Waals surface area contributed by atoms with Gasteiger partial charge in [0, 0.05) is 43.2 Å². The first kappa shape index (κ1) is 53.8. The van der Waals surface area contributed by atoms with Crippen molar-refractivity contribution in [3.63, 3.8) is 0 Å². The van der Waals surface area contributed by atoms with Crippen LogP contribution in [0.4, 0.5) is 0 Å². The minimum atomic E-state index is -0.252. The van der Waals surface area contributed by atoms with Gasteiger partial charge in [-0.15, -0.1) is 8.58 Å². The summed E-state index contributed by atoms with van der Waals surface area (Å²) in [5.74, 6) is 9.12. The predicted molar refractivity (Wildman–Crippen MR) is 246 cm³/mol. The van der Waals surface area contributed by atoms with Crippen molar-refractivity contribution in [1.29, 1.82) is 0 Å². The van der Waals surface area contributed by atoms with E-state index in [0.29, 0.717) is 104 Å². The van der Waals surface area contributed by atoms with Gasteiger partial charge in [0.15, 0.2) is 11.5 Å². The molecule has 65 heavy (non-hydrogen) atoms. The Morgan fingerprint density at radius 3 is 1.88 bits per heavy atom. The fourth-order valence-corrected chi connectivity index (χ4v) is 8.09. The number of nitrogens with two attached hydrogens (primary N) is 1. The molecule has 4 N–H and O–H groups in total. The molecular weight excluding hydrogens is 865 g/mol. The Kier molecular flexibility index (Phi) is 25.8. The Bertz CT molecular complexity index is 1720. The fraction of sp³-hybridized carbons (Fsp3) is 0.652. The second kappa shape index (κ2) is 31.2. The zero-order valence-corrected chi connectivity index (χ0v) is 39.9. The summed E-state index contributed by atoms with van der Waals surface area (Å²) < 4.78 is 72.3. The number of rotatable bonds is 32. The van der Waals surface area contributed by atoms with Gasteiger partial charge in [-0.2, -0.15) is 0 Å². The number of benzene rings is 2. The van der Waals surface area contributed by atoms with Crippen molar-refractivity contribution < 1.29 is 71.2 Å². The SMILES string of the molecule is C=C(C)C1Cc2c(ccc3c2OC2COc4cc(OC)c(OC)cc4C2C3C)O1.COCC(=O)NCCOCCOCCOCCPCCOCCOCCOCCOCCC(=O)NN. The molecule has 3 aliphatic heterocycles. The molecule has 0 aliphatic carbocycles. The Morgan fingerprint density at radius 2 is 1.31 bits per heavy atom. The first-order valence-corrected chi connectivity index (χ1v) is 23.7. The molecular formula is C46H72N3O15P. The lowest BCUT2D eigenvalue weighted by Crippen LogP contribution is -2.41. The quantitative estimate of drug-likeness (QED) is 0.0240.